The molecular weight excluding hydrogens is 244 g/mol. The minimum Gasteiger partial charge on any atom is -0.375 e. The van der Waals surface area contributed by atoms with Gasteiger partial charge in [-0.25, -0.2) is 0 Å². The largest absolute Gasteiger partial charge is 0.375 e. The minimum atomic E-state index is 0.606. The first-order valence-corrected chi connectivity index (χ1v) is 9.54. The van der Waals surface area contributed by atoms with Crippen LogP contribution in [0.3, 0.4) is 0 Å². The van der Waals surface area contributed by atoms with Crippen molar-refractivity contribution in [3.05, 3.63) is 0 Å². The third kappa shape index (κ3) is 6.16. The van der Waals surface area contributed by atoms with Crippen molar-refractivity contribution in [1.82, 2.24) is 0 Å². The van der Waals surface area contributed by atoms with Crippen molar-refractivity contribution >= 4 is 0 Å². The molecule has 0 radical (unpaired) electrons. The third-order valence-electron chi connectivity index (χ3n) is 5.45. The minimum absolute atomic E-state index is 0.606. The van der Waals surface area contributed by atoms with E-state index in [1.807, 2.05) is 0 Å². The molecule has 0 aromatic heterocycles. The molecule has 0 aromatic rings. The molecule has 1 nitrogen and oxygen atoms in total. The summed E-state index contributed by atoms with van der Waals surface area (Å²) in [4.78, 5) is 0. The Bertz CT molecular complexity index is 224. The van der Waals surface area contributed by atoms with Gasteiger partial charge in [-0.3, -0.25) is 0 Å². The molecule has 2 aliphatic rings. The number of hydrogen-bond acceptors (Lipinski definition) is 1. The summed E-state index contributed by atoms with van der Waals surface area (Å²) in [6, 6.07) is 0. The average molecular weight is 280 g/mol. The molecule has 0 spiro atoms. The molecule has 0 heterocycles. The molecule has 1 heteroatoms. The van der Waals surface area contributed by atoms with Crippen LogP contribution < -0.4 is 0 Å². The second kappa shape index (κ2) is 9.82. The van der Waals surface area contributed by atoms with Gasteiger partial charge in [-0.1, -0.05) is 64.7 Å². The molecule has 0 amide bonds. The molecule has 0 atom stereocenters. The summed E-state index contributed by atoms with van der Waals surface area (Å²) >= 11 is 0. The zero-order valence-electron chi connectivity index (χ0n) is 13.7. The predicted molar refractivity (Wildman–Crippen MR) is 87.1 cm³/mol. The highest BCUT2D eigenvalue weighted by atomic mass is 16.5. The lowest BCUT2D eigenvalue weighted by molar-refractivity contribution is -0.0513. The van der Waals surface area contributed by atoms with Crippen LogP contribution in [0.4, 0.5) is 0 Å². The highest BCUT2D eigenvalue weighted by Crippen LogP contribution is 2.32. The van der Waals surface area contributed by atoms with Gasteiger partial charge in [0.25, 0.3) is 0 Å². The van der Waals surface area contributed by atoms with E-state index in [0.717, 1.165) is 5.92 Å². The molecule has 2 fully saturated rings. The second-order valence-electron chi connectivity index (χ2n) is 7.24. The molecule has 0 unspecified atom stereocenters. The van der Waals surface area contributed by atoms with Crippen LogP contribution in [0.5, 0.6) is 0 Å². The summed E-state index contributed by atoms with van der Waals surface area (Å²) in [5.41, 5.74) is 0. The van der Waals surface area contributed by atoms with E-state index in [0.29, 0.717) is 12.2 Å². The number of hydrogen-bond donors (Lipinski definition) is 0. The van der Waals surface area contributed by atoms with Crippen LogP contribution in [0.25, 0.3) is 0 Å². The van der Waals surface area contributed by atoms with E-state index in [2.05, 4.69) is 6.92 Å². The van der Waals surface area contributed by atoms with Crippen molar-refractivity contribution in [2.24, 2.45) is 5.92 Å². The maximum Gasteiger partial charge on any atom is 0.0579 e. The number of ether oxygens (including phenoxy) is 1. The first-order valence-electron chi connectivity index (χ1n) is 9.54. The van der Waals surface area contributed by atoms with Crippen LogP contribution in [0.2, 0.25) is 0 Å². The molecular formula is C19H36O. The summed E-state index contributed by atoms with van der Waals surface area (Å²) < 4.78 is 6.34. The lowest BCUT2D eigenvalue weighted by Gasteiger charge is -2.33. The Kier molecular flexibility index (Phi) is 8.02. The van der Waals surface area contributed by atoms with Gasteiger partial charge in [-0.15, -0.1) is 0 Å². The highest BCUT2D eigenvalue weighted by Gasteiger charge is 2.24. The molecule has 2 saturated carbocycles. The second-order valence-corrected chi connectivity index (χ2v) is 7.24. The molecule has 118 valence electrons. The van der Waals surface area contributed by atoms with E-state index in [9.17, 15) is 0 Å². The third-order valence-corrected chi connectivity index (χ3v) is 5.45. The summed E-state index contributed by atoms with van der Waals surface area (Å²) in [6.45, 7) is 2.30. The molecule has 20 heavy (non-hydrogen) atoms. The van der Waals surface area contributed by atoms with Gasteiger partial charge in [0.05, 0.1) is 12.2 Å². The fourth-order valence-electron chi connectivity index (χ4n) is 4.07. The maximum absolute atomic E-state index is 6.34. The molecule has 0 bridgehead atoms. The normalized spacial score (nSPS) is 28.6. The van der Waals surface area contributed by atoms with Gasteiger partial charge in [0.2, 0.25) is 0 Å². The van der Waals surface area contributed by atoms with Crippen LogP contribution in [-0.4, -0.2) is 12.2 Å². The van der Waals surface area contributed by atoms with Crippen molar-refractivity contribution in [3.8, 4) is 0 Å². The SMILES string of the molecule is CCCCCCCC1CCC(OC2CCCCC2)CC1. The first kappa shape index (κ1) is 16.3. The first-order chi connectivity index (χ1) is 9.88. The maximum atomic E-state index is 6.34. The van der Waals surface area contributed by atoms with E-state index in [4.69, 9.17) is 4.74 Å². The summed E-state index contributed by atoms with van der Waals surface area (Å²) in [7, 11) is 0. The standard InChI is InChI=1S/C19H36O/c1-2-3-4-5-7-10-17-13-15-19(16-14-17)20-18-11-8-6-9-12-18/h17-19H,2-16H2,1H3. The Morgan fingerprint density at radius 3 is 2.05 bits per heavy atom. The van der Waals surface area contributed by atoms with Gasteiger partial charge >= 0.3 is 0 Å². The van der Waals surface area contributed by atoms with E-state index >= 15 is 0 Å². The molecule has 0 aromatic carbocycles. The van der Waals surface area contributed by atoms with Gasteiger partial charge in [0.15, 0.2) is 0 Å². The highest BCUT2D eigenvalue weighted by molar-refractivity contribution is 4.75. The lowest BCUT2D eigenvalue weighted by Crippen LogP contribution is -2.28. The Balaban J connectivity index is 1.51. The van der Waals surface area contributed by atoms with Gasteiger partial charge in [-0.05, 0) is 44.4 Å². The van der Waals surface area contributed by atoms with Crippen LogP contribution in [0.1, 0.15) is 103 Å². The van der Waals surface area contributed by atoms with Crippen molar-refractivity contribution in [2.75, 3.05) is 0 Å². The van der Waals surface area contributed by atoms with Crippen LogP contribution in [0.15, 0.2) is 0 Å². The quantitative estimate of drug-likeness (QED) is 0.477. The number of rotatable bonds is 8. The van der Waals surface area contributed by atoms with Crippen molar-refractivity contribution < 1.29 is 4.74 Å². The van der Waals surface area contributed by atoms with Crippen molar-refractivity contribution in [1.29, 1.82) is 0 Å². The zero-order chi connectivity index (χ0) is 14.0. The van der Waals surface area contributed by atoms with E-state index in [-0.39, 0.29) is 0 Å². The molecule has 0 aliphatic heterocycles. The van der Waals surface area contributed by atoms with Crippen LogP contribution in [0, 0.1) is 5.92 Å². The van der Waals surface area contributed by atoms with Gasteiger partial charge in [0.1, 0.15) is 0 Å². The monoisotopic (exact) mass is 280 g/mol. The number of unbranched alkanes of at least 4 members (excludes halogenated alkanes) is 4. The van der Waals surface area contributed by atoms with E-state index in [1.54, 1.807) is 0 Å². The smallest absolute Gasteiger partial charge is 0.0579 e. The Labute approximate surface area is 126 Å². The Morgan fingerprint density at radius 1 is 0.700 bits per heavy atom. The molecule has 2 rings (SSSR count). The molecule has 2 aliphatic carbocycles. The van der Waals surface area contributed by atoms with Crippen LogP contribution >= 0.6 is 0 Å². The average Bonchev–Trinajstić information content (AvgIpc) is 2.50. The Hall–Kier alpha value is -0.0400. The van der Waals surface area contributed by atoms with Crippen molar-refractivity contribution in [2.45, 2.75) is 115 Å². The van der Waals surface area contributed by atoms with E-state index < -0.39 is 0 Å². The summed E-state index contributed by atoms with van der Waals surface area (Å²) in [5, 5.41) is 0. The fourth-order valence-corrected chi connectivity index (χ4v) is 4.07. The van der Waals surface area contributed by atoms with Gasteiger partial charge in [-0.2, -0.15) is 0 Å². The van der Waals surface area contributed by atoms with Crippen LogP contribution in [-0.2, 0) is 4.74 Å². The predicted octanol–water partition coefficient (Wildman–Crippen LogP) is 6.26. The van der Waals surface area contributed by atoms with E-state index in [1.165, 1.54) is 96.3 Å². The zero-order valence-corrected chi connectivity index (χ0v) is 13.7. The molecule has 0 N–H and O–H groups in total. The summed E-state index contributed by atoms with van der Waals surface area (Å²) in [5.74, 6) is 1.02. The summed E-state index contributed by atoms with van der Waals surface area (Å²) in [6.07, 6.45) is 22.3. The molecule has 0 saturated heterocycles. The van der Waals surface area contributed by atoms with Crippen molar-refractivity contribution in [3.63, 3.8) is 0 Å². The lowest BCUT2D eigenvalue weighted by atomic mass is 9.84. The van der Waals surface area contributed by atoms with Gasteiger partial charge < -0.3 is 4.74 Å². The topological polar surface area (TPSA) is 9.23 Å². The van der Waals surface area contributed by atoms with Gasteiger partial charge in [0, 0.05) is 0 Å². The Morgan fingerprint density at radius 2 is 1.35 bits per heavy atom. The fraction of sp³-hybridized carbons (Fsp3) is 1.00.